The molecule has 0 fully saturated rings. The Hall–Kier alpha value is -8.76. The highest BCUT2D eigenvalue weighted by Crippen LogP contribution is 2.13. The van der Waals surface area contributed by atoms with Gasteiger partial charge in [0.1, 0.15) is 17.7 Å². The summed E-state index contributed by atoms with van der Waals surface area (Å²) in [6, 6.07) is 12.1. The van der Waals surface area contributed by atoms with Gasteiger partial charge in [-0.1, -0.05) is 316 Å². The van der Waals surface area contributed by atoms with E-state index in [0.29, 0.717) is 0 Å². The highest BCUT2D eigenvalue weighted by molar-refractivity contribution is 5.56. The first-order chi connectivity index (χ1) is 32.2. The molecule has 0 atom stereocenters. The summed E-state index contributed by atoms with van der Waals surface area (Å²) in [7, 11) is 4.09. The summed E-state index contributed by atoms with van der Waals surface area (Å²) in [4.78, 5) is 2.09. The molecule has 0 aromatic heterocycles. The predicted octanol–water partition coefficient (Wildman–Crippen LogP) is 16.1. The normalized spacial score (nSPS) is 14.3. The van der Waals surface area contributed by atoms with Crippen LogP contribution in [0.15, 0.2) is 334 Å². The molecule has 0 heterocycles. The summed E-state index contributed by atoms with van der Waals surface area (Å²) in [6.07, 6.45) is 100.0. The number of hydrogen-bond donors (Lipinski definition) is 0. The topological polar surface area (TPSA) is 50.8 Å². The number of nitriles is 2. The Balaban J connectivity index is 2.14. The third kappa shape index (κ3) is 39.2. The van der Waals surface area contributed by atoms with Crippen LogP contribution in [0.25, 0.3) is 6.08 Å². The van der Waals surface area contributed by atoms with Crippen LogP contribution in [0.1, 0.15) is 5.56 Å². The second-order valence-corrected chi connectivity index (χ2v) is 12.9. The molecule has 65 heavy (non-hydrogen) atoms. The van der Waals surface area contributed by atoms with Crippen LogP contribution in [0.4, 0.5) is 5.69 Å². The van der Waals surface area contributed by atoms with E-state index >= 15 is 0 Å². The fourth-order valence-electron chi connectivity index (χ4n) is 4.32. The van der Waals surface area contributed by atoms with E-state index in [0.717, 1.165) is 0 Å². The predicted molar refractivity (Wildman–Crippen MR) is 288 cm³/mol. The zero-order valence-corrected chi connectivity index (χ0v) is 37.6. The van der Waals surface area contributed by atoms with Gasteiger partial charge in [-0.15, -0.1) is 0 Å². The molecule has 1 rings (SSSR count). The molecule has 1 aromatic carbocycles. The lowest BCUT2D eigenvalue weighted by molar-refractivity contribution is 1.13. The Morgan fingerprint density at radius 3 is 0.662 bits per heavy atom. The molecule has 1 aromatic rings. The first-order valence-corrected chi connectivity index (χ1v) is 21.1. The first kappa shape index (κ1) is 54.3. The average Bonchev–Trinajstić information content (AvgIpc) is 3.32. The van der Waals surface area contributed by atoms with E-state index in [1.807, 2.05) is 300 Å². The minimum absolute atomic E-state index is 0.0777. The summed E-state index contributed by atoms with van der Waals surface area (Å²) in [6.45, 7) is 0. The smallest absolute Gasteiger partial charge is 0.129 e. The van der Waals surface area contributed by atoms with Gasteiger partial charge in [0, 0.05) is 19.8 Å². The zero-order valence-electron chi connectivity index (χ0n) is 37.6. The van der Waals surface area contributed by atoms with Gasteiger partial charge >= 0.3 is 0 Å². The summed E-state index contributed by atoms with van der Waals surface area (Å²) < 4.78 is 0. The van der Waals surface area contributed by atoms with Crippen LogP contribution in [0, 0.1) is 22.7 Å². The number of allylic oxidation sites excluding steroid dienone is 51. The van der Waals surface area contributed by atoms with Gasteiger partial charge < -0.3 is 4.90 Å². The number of nitrogens with zero attached hydrogens (tertiary/aromatic N) is 3. The molecular formula is C62H61N3. The standard InChI is InChI=1S/C62H61N3/c1-65(2)62-56-54-60(55-57-62)52-50-48-46-44-42-40-38-36-34-32-30-28-26-24-22-20-18-16-14-12-10-8-6-4-3-5-7-9-11-13-15-17-19-21-23-25-27-29-31-33-35-37-39-41-43-45-47-49-51-53-61(58-63)59-64/h3-57H,1-2H3/b4-3+,7-5+,8-6+,11-9+,12-10+,15-13+,16-14+,19-17+,20-18+,23-21+,24-22+,27-25+,28-26+,31-29+,32-30+,35-33+,36-34+,39-37+,40-38+,43-41+,44-42+,47-45+,48-46+,51-49+,52-50+. The Labute approximate surface area is 390 Å². The summed E-state index contributed by atoms with van der Waals surface area (Å²) in [5.74, 6) is 0. The van der Waals surface area contributed by atoms with Gasteiger partial charge in [-0.3, -0.25) is 0 Å². The van der Waals surface area contributed by atoms with Crippen molar-refractivity contribution < 1.29 is 0 Å². The van der Waals surface area contributed by atoms with Gasteiger partial charge in [-0.2, -0.15) is 10.5 Å². The summed E-state index contributed by atoms with van der Waals surface area (Å²) >= 11 is 0. The van der Waals surface area contributed by atoms with Crippen molar-refractivity contribution in [1.29, 1.82) is 10.5 Å². The summed E-state index contributed by atoms with van der Waals surface area (Å²) in [5, 5.41) is 17.3. The number of rotatable bonds is 27. The Morgan fingerprint density at radius 2 is 0.477 bits per heavy atom. The SMILES string of the molecule is CN(C)c1ccc(/C=C/C=C/C=C/C=C/C=C/C=C/C=C/C=C/C=C/C=C/C=C/C=C/C=C/C=C/C=C/C=C/C=C/C=C/C=C/C=C/C=C/C=C/C=C/C=C/C=C/C=C(C#N)C#N)cc1. The van der Waals surface area contributed by atoms with E-state index in [2.05, 4.69) is 35.2 Å². The Morgan fingerprint density at radius 1 is 0.292 bits per heavy atom. The number of hydrogen-bond acceptors (Lipinski definition) is 3. The lowest BCUT2D eigenvalue weighted by Crippen LogP contribution is -2.07. The molecule has 0 spiro atoms. The van der Waals surface area contributed by atoms with Crippen LogP contribution in [-0.2, 0) is 0 Å². The van der Waals surface area contributed by atoms with Crippen molar-refractivity contribution in [2.45, 2.75) is 0 Å². The molecule has 0 aliphatic carbocycles. The lowest BCUT2D eigenvalue weighted by atomic mass is 10.2. The molecule has 0 N–H and O–H groups in total. The van der Waals surface area contributed by atoms with Crippen LogP contribution in [0.5, 0.6) is 0 Å². The maximum atomic E-state index is 8.65. The molecule has 0 radical (unpaired) electrons. The fourth-order valence-corrected chi connectivity index (χ4v) is 4.32. The van der Waals surface area contributed by atoms with Crippen molar-refractivity contribution in [2.75, 3.05) is 19.0 Å². The Bertz CT molecular complexity index is 2360. The largest absolute Gasteiger partial charge is 0.378 e. The van der Waals surface area contributed by atoms with Crippen LogP contribution in [0.2, 0.25) is 0 Å². The lowest BCUT2D eigenvalue weighted by Gasteiger charge is -2.11. The minimum atomic E-state index is 0.0777. The molecule has 0 saturated heterocycles. The van der Waals surface area contributed by atoms with Crippen LogP contribution < -0.4 is 4.90 Å². The van der Waals surface area contributed by atoms with Crippen molar-refractivity contribution in [2.24, 2.45) is 0 Å². The quantitative estimate of drug-likeness (QED) is 0.0655. The van der Waals surface area contributed by atoms with Crippen molar-refractivity contribution >= 4 is 11.8 Å². The van der Waals surface area contributed by atoms with E-state index in [1.165, 1.54) is 17.3 Å². The molecule has 3 heteroatoms. The van der Waals surface area contributed by atoms with E-state index in [9.17, 15) is 0 Å². The Kier molecular flexibility index (Phi) is 37.4. The van der Waals surface area contributed by atoms with Crippen molar-refractivity contribution in [1.82, 2.24) is 0 Å². The van der Waals surface area contributed by atoms with Crippen molar-refractivity contribution in [3.8, 4) is 12.1 Å². The molecule has 0 aliphatic rings. The van der Waals surface area contributed by atoms with Crippen LogP contribution in [0.3, 0.4) is 0 Å². The summed E-state index contributed by atoms with van der Waals surface area (Å²) in [5.41, 5.74) is 2.46. The molecule has 0 saturated carbocycles. The van der Waals surface area contributed by atoms with E-state index < -0.39 is 0 Å². The van der Waals surface area contributed by atoms with Crippen LogP contribution >= 0.6 is 0 Å². The van der Waals surface area contributed by atoms with E-state index in [4.69, 9.17) is 10.5 Å². The first-order valence-electron chi connectivity index (χ1n) is 21.1. The molecule has 324 valence electrons. The van der Waals surface area contributed by atoms with Gasteiger partial charge in [-0.25, -0.2) is 0 Å². The number of benzene rings is 1. The highest BCUT2D eigenvalue weighted by Gasteiger charge is 1.92. The molecule has 0 amide bonds. The minimum Gasteiger partial charge on any atom is -0.378 e. The van der Waals surface area contributed by atoms with Crippen molar-refractivity contribution in [3.05, 3.63) is 339 Å². The van der Waals surface area contributed by atoms with Gasteiger partial charge in [-0.05, 0) is 23.8 Å². The van der Waals surface area contributed by atoms with Crippen molar-refractivity contribution in [3.63, 3.8) is 0 Å². The third-order valence-corrected chi connectivity index (χ3v) is 7.54. The second-order valence-electron chi connectivity index (χ2n) is 12.9. The maximum Gasteiger partial charge on any atom is 0.129 e. The van der Waals surface area contributed by atoms with E-state index in [1.54, 1.807) is 24.3 Å². The zero-order chi connectivity index (χ0) is 46.6. The third-order valence-electron chi connectivity index (χ3n) is 7.54. The van der Waals surface area contributed by atoms with Gasteiger partial charge in [0.2, 0.25) is 0 Å². The second kappa shape index (κ2) is 44.8. The van der Waals surface area contributed by atoms with Gasteiger partial charge in [0.05, 0.1) is 0 Å². The monoisotopic (exact) mass is 847 g/mol. The molecular weight excluding hydrogens is 787 g/mol. The highest BCUT2D eigenvalue weighted by atomic mass is 15.1. The fraction of sp³-hybridized carbons (Fsp3) is 0.0323. The van der Waals surface area contributed by atoms with E-state index in [-0.39, 0.29) is 5.57 Å². The van der Waals surface area contributed by atoms with Gasteiger partial charge in [0.15, 0.2) is 0 Å². The molecule has 3 nitrogen and oxygen atoms in total. The average molecular weight is 848 g/mol. The molecule has 0 aliphatic heterocycles. The van der Waals surface area contributed by atoms with Gasteiger partial charge in [0.25, 0.3) is 0 Å². The maximum absolute atomic E-state index is 8.65. The molecule has 0 bridgehead atoms. The number of anilines is 1. The molecule has 0 unspecified atom stereocenters. The van der Waals surface area contributed by atoms with Crippen LogP contribution in [-0.4, -0.2) is 14.1 Å².